The SMILES string of the molecule is Clc1cccc(NCc2ccc[nH]2)c1Cl. The predicted molar refractivity (Wildman–Crippen MR) is 64.6 cm³/mol. The van der Waals surface area contributed by atoms with E-state index in [1.165, 1.54) is 0 Å². The summed E-state index contributed by atoms with van der Waals surface area (Å²) >= 11 is 11.9. The van der Waals surface area contributed by atoms with E-state index in [-0.39, 0.29) is 0 Å². The van der Waals surface area contributed by atoms with Crippen molar-refractivity contribution in [1.82, 2.24) is 4.98 Å². The van der Waals surface area contributed by atoms with Crippen LogP contribution in [0, 0.1) is 0 Å². The molecule has 1 heterocycles. The van der Waals surface area contributed by atoms with Gasteiger partial charge in [0.05, 0.1) is 22.3 Å². The van der Waals surface area contributed by atoms with Gasteiger partial charge in [0.2, 0.25) is 0 Å². The number of halogens is 2. The Kier molecular flexibility index (Phi) is 3.19. The lowest BCUT2D eigenvalue weighted by Gasteiger charge is -2.07. The maximum absolute atomic E-state index is 6.03. The lowest BCUT2D eigenvalue weighted by atomic mass is 10.3. The smallest absolute Gasteiger partial charge is 0.0823 e. The highest BCUT2D eigenvalue weighted by atomic mass is 35.5. The van der Waals surface area contributed by atoms with E-state index < -0.39 is 0 Å². The maximum Gasteiger partial charge on any atom is 0.0823 e. The molecule has 78 valence electrons. The van der Waals surface area contributed by atoms with E-state index in [2.05, 4.69) is 10.3 Å². The van der Waals surface area contributed by atoms with Crippen molar-refractivity contribution >= 4 is 28.9 Å². The van der Waals surface area contributed by atoms with Gasteiger partial charge < -0.3 is 10.3 Å². The van der Waals surface area contributed by atoms with Crippen LogP contribution < -0.4 is 5.32 Å². The summed E-state index contributed by atoms with van der Waals surface area (Å²) in [6.07, 6.45) is 1.89. The Morgan fingerprint density at radius 1 is 1.13 bits per heavy atom. The van der Waals surface area contributed by atoms with Gasteiger partial charge in [-0.2, -0.15) is 0 Å². The van der Waals surface area contributed by atoms with Crippen molar-refractivity contribution in [3.63, 3.8) is 0 Å². The molecule has 0 saturated heterocycles. The zero-order chi connectivity index (χ0) is 10.7. The fourth-order valence-corrected chi connectivity index (χ4v) is 1.68. The van der Waals surface area contributed by atoms with Gasteiger partial charge in [-0.1, -0.05) is 29.3 Å². The van der Waals surface area contributed by atoms with Gasteiger partial charge in [-0.25, -0.2) is 0 Å². The minimum atomic E-state index is 0.561. The Balaban J connectivity index is 2.08. The lowest BCUT2D eigenvalue weighted by Crippen LogP contribution is -1.99. The predicted octanol–water partition coefficient (Wildman–Crippen LogP) is 3.93. The van der Waals surface area contributed by atoms with Crippen molar-refractivity contribution in [2.75, 3.05) is 5.32 Å². The molecule has 0 saturated carbocycles. The van der Waals surface area contributed by atoms with Crippen LogP contribution in [-0.2, 0) is 6.54 Å². The van der Waals surface area contributed by atoms with E-state index in [9.17, 15) is 0 Å². The minimum absolute atomic E-state index is 0.561. The van der Waals surface area contributed by atoms with Gasteiger partial charge in [0.15, 0.2) is 0 Å². The third-order valence-corrected chi connectivity index (χ3v) is 2.90. The number of H-pyrrole nitrogens is 1. The van der Waals surface area contributed by atoms with Gasteiger partial charge in [-0.15, -0.1) is 0 Å². The molecule has 0 unspecified atom stereocenters. The number of aromatic nitrogens is 1. The molecule has 15 heavy (non-hydrogen) atoms. The first kappa shape index (κ1) is 10.4. The van der Waals surface area contributed by atoms with Crippen LogP contribution in [-0.4, -0.2) is 4.98 Å². The first-order valence-corrected chi connectivity index (χ1v) is 5.33. The van der Waals surface area contributed by atoms with E-state index >= 15 is 0 Å². The van der Waals surface area contributed by atoms with Crippen molar-refractivity contribution in [3.05, 3.63) is 52.3 Å². The van der Waals surface area contributed by atoms with E-state index in [1.807, 2.05) is 30.5 Å². The second-order valence-electron chi connectivity index (χ2n) is 3.15. The Morgan fingerprint density at radius 3 is 2.73 bits per heavy atom. The molecule has 0 aliphatic heterocycles. The number of rotatable bonds is 3. The first-order valence-electron chi connectivity index (χ1n) is 4.57. The third-order valence-electron chi connectivity index (χ3n) is 2.08. The molecule has 0 radical (unpaired) electrons. The summed E-state index contributed by atoms with van der Waals surface area (Å²) < 4.78 is 0. The molecule has 0 atom stereocenters. The van der Waals surface area contributed by atoms with Crippen molar-refractivity contribution in [3.8, 4) is 0 Å². The van der Waals surface area contributed by atoms with Crippen LogP contribution >= 0.6 is 23.2 Å². The number of benzene rings is 1. The first-order chi connectivity index (χ1) is 7.27. The topological polar surface area (TPSA) is 27.8 Å². The fourth-order valence-electron chi connectivity index (χ4n) is 1.31. The highest BCUT2D eigenvalue weighted by Crippen LogP contribution is 2.29. The lowest BCUT2D eigenvalue weighted by molar-refractivity contribution is 1.07. The second-order valence-corrected chi connectivity index (χ2v) is 3.94. The molecular weight excluding hydrogens is 231 g/mol. The van der Waals surface area contributed by atoms with Gasteiger partial charge in [0.1, 0.15) is 0 Å². The molecule has 0 spiro atoms. The third kappa shape index (κ3) is 2.46. The molecule has 1 aromatic carbocycles. The van der Waals surface area contributed by atoms with Gasteiger partial charge in [0, 0.05) is 11.9 Å². The molecule has 2 nitrogen and oxygen atoms in total. The zero-order valence-electron chi connectivity index (χ0n) is 7.93. The molecule has 2 aromatic rings. The largest absolute Gasteiger partial charge is 0.378 e. The minimum Gasteiger partial charge on any atom is -0.378 e. The molecule has 0 fully saturated rings. The molecular formula is C11H10Cl2N2. The van der Waals surface area contributed by atoms with Crippen LogP contribution in [0.5, 0.6) is 0 Å². The summed E-state index contributed by atoms with van der Waals surface area (Å²) in [4.78, 5) is 3.10. The Bertz CT molecular complexity index is 438. The highest BCUT2D eigenvalue weighted by Gasteiger charge is 2.03. The average molecular weight is 241 g/mol. The number of hydrogen-bond donors (Lipinski definition) is 2. The van der Waals surface area contributed by atoms with Crippen molar-refractivity contribution in [2.45, 2.75) is 6.54 Å². The monoisotopic (exact) mass is 240 g/mol. The fraction of sp³-hybridized carbons (Fsp3) is 0.0909. The maximum atomic E-state index is 6.03. The van der Waals surface area contributed by atoms with Crippen LogP contribution in [0.3, 0.4) is 0 Å². The Hall–Kier alpha value is -1.12. The Labute approximate surface area is 98.2 Å². The number of hydrogen-bond acceptors (Lipinski definition) is 1. The standard InChI is InChI=1S/C11H10Cl2N2/c12-9-4-1-5-10(11(9)13)15-7-8-3-2-6-14-8/h1-6,14-15H,7H2. The van der Waals surface area contributed by atoms with Crippen molar-refractivity contribution in [2.24, 2.45) is 0 Å². The second kappa shape index (κ2) is 4.60. The normalized spacial score (nSPS) is 10.3. The molecule has 0 bridgehead atoms. The summed E-state index contributed by atoms with van der Waals surface area (Å²) in [5.74, 6) is 0. The summed E-state index contributed by atoms with van der Waals surface area (Å²) in [5.41, 5.74) is 1.95. The van der Waals surface area contributed by atoms with Crippen LogP contribution in [0.2, 0.25) is 10.0 Å². The Morgan fingerprint density at radius 2 is 2.00 bits per heavy atom. The molecule has 0 amide bonds. The van der Waals surface area contributed by atoms with E-state index in [0.29, 0.717) is 16.6 Å². The summed E-state index contributed by atoms with van der Waals surface area (Å²) in [7, 11) is 0. The summed E-state index contributed by atoms with van der Waals surface area (Å²) in [6.45, 7) is 0.701. The van der Waals surface area contributed by atoms with Crippen LogP contribution in [0.15, 0.2) is 36.5 Å². The molecule has 2 rings (SSSR count). The zero-order valence-corrected chi connectivity index (χ0v) is 9.44. The van der Waals surface area contributed by atoms with E-state index in [0.717, 1.165) is 11.4 Å². The van der Waals surface area contributed by atoms with Gasteiger partial charge in [-0.3, -0.25) is 0 Å². The van der Waals surface area contributed by atoms with Crippen LogP contribution in [0.1, 0.15) is 5.69 Å². The average Bonchev–Trinajstić information content (AvgIpc) is 2.73. The molecule has 2 N–H and O–H groups in total. The quantitative estimate of drug-likeness (QED) is 0.836. The van der Waals surface area contributed by atoms with Gasteiger partial charge >= 0.3 is 0 Å². The van der Waals surface area contributed by atoms with Gasteiger partial charge in [0.25, 0.3) is 0 Å². The van der Waals surface area contributed by atoms with E-state index in [1.54, 1.807) is 6.07 Å². The van der Waals surface area contributed by atoms with Crippen molar-refractivity contribution in [1.29, 1.82) is 0 Å². The summed E-state index contributed by atoms with van der Waals surface area (Å²) in [6, 6.07) is 9.49. The molecule has 1 aromatic heterocycles. The molecule has 0 aliphatic rings. The number of nitrogens with one attached hydrogen (secondary N) is 2. The van der Waals surface area contributed by atoms with Crippen molar-refractivity contribution < 1.29 is 0 Å². The highest BCUT2D eigenvalue weighted by molar-refractivity contribution is 6.43. The van der Waals surface area contributed by atoms with E-state index in [4.69, 9.17) is 23.2 Å². The molecule has 0 aliphatic carbocycles. The van der Waals surface area contributed by atoms with Crippen LogP contribution in [0.25, 0.3) is 0 Å². The number of aromatic amines is 1. The molecule has 4 heteroatoms. The summed E-state index contributed by atoms with van der Waals surface area (Å²) in [5, 5.41) is 4.33. The van der Waals surface area contributed by atoms with Crippen LogP contribution in [0.4, 0.5) is 5.69 Å². The number of anilines is 1. The van der Waals surface area contributed by atoms with Gasteiger partial charge in [-0.05, 0) is 24.3 Å².